The highest BCUT2D eigenvalue weighted by atomic mass is 35.5. The lowest BCUT2D eigenvalue weighted by Gasteiger charge is -2.11. The van der Waals surface area contributed by atoms with Crippen molar-refractivity contribution in [3.8, 4) is 11.4 Å². The Morgan fingerprint density at radius 1 is 0.963 bits per heavy atom. The second-order valence-corrected chi connectivity index (χ2v) is 6.81. The fraction of sp³-hybridized carbons (Fsp3) is 0.0500. The molecule has 0 aliphatic heterocycles. The first-order valence-electron chi connectivity index (χ1n) is 8.11. The van der Waals surface area contributed by atoms with Crippen molar-refractivity contribution in [3.63, 3.8) is 0 Å². The lowest BCUT2D eigenvalue weighted by Crippen LogP contribution is -2.12. The number of fused-ring (bicyclic) bond motifs is 1. The largest absolute Gasteiger partial charge is 0.421 e. The van der Waals surface area contributed by atoms with E-state index in [0.29, 0.717) is 16.5 Å². The van der Waals surface area contributed by atoms with E-state index in [4.69, 9.17) is 27.9 Å². The number of carbonyl (C=O) groups excluding carboxylic acids is 1. The maximum atomic E-state index is 12.6. The molecule has 0 fully saturated rings. The van der Waals surface area contributed by atoms with Crippen LogP contribution in [0.25, 0.3) is 16.7 Å². The van der Waals surface area contributed by atoms with Crippen LogP contribution in [-0.2, 0) is 0 Å². The number of benzene rings is 3. The first-order valence-corrected chi connectivity index (χ1v) is 8.87. The average Bonchev–Trinajstić information content (AvgIpc) is 3.07. The number of hydrogen-bond acceptors (Lipinski definition) is 4. The van der Waals surface area contributed by atoms with Crippen LogP contribution in [0.1, 0.15) is 15.9 Å². The number of aromatic nitrogens is 3. The molecule has 134 valence electrons. The van der Waals surface area contributed by atoms with Crippen LogP contribution < -0.4 is 4.74 Å². The summed E-state index contributed by atoms with van der Waals surface area (Å²) in [6.45, 7) is 1.94. The Bertz CT molecular complexity index is 1140. The zero-order valence-electron chi connectivity index (χ0n) is 14.2. The molecule has 3 aromatic carbocycles. The van der Waals surface area contributed by atoms with Crippen LogP contribution in [0, 0.1) is 6.92 Å². The summed E-state index contributed by atoms with van der Waals surface area (Å²) in [5, 5.41) is 9.60. The van der Waals surface area contributed by atoms with E-state index in [2.05, 4.69) is 10.2 Å². The highest BCUT2D eigenvalue weighted by Crippen LogP contribution is 2.27. The molecule has 1 heterocycles. The molecule has 7 heteroatoms. The maximum absolute atomic E-state index is 12.6. The molecule has 0 amide bonds. The van der Waals surface area contributed by atoms with Gasteiger partial charge in [-0.1, -0.05) is 41.4 Å². The van der Waals surface area contributed by atoms with Crippen LogP contribution in [0.4, 0.5) is 0 Å². The van der Waals surface area contributed by atoms with Crippen molar-refractivity contribution in [2.24, 2.45) is 0 Å². The molecule has 0 spiro atoms. The topological polar surface area (TPSA) is 57.0 Å². The molecule has 27 heavy (non-hydrogen) atoms. The summed E-state index contributed by atoms with van der Waals surface area (Å²) in [5.74, 6) is -0.254. The molecule has 0 atom stereocenters. The first-order chi connectivity index (χ1) is 13.0. The SMILES string of the molecule is Cc1ccc(OC(=O)c2ccc(Cl)cc2Cl)c(-n2nc3ccccc3n2)c1. The van der Waals surface area contributed by atoms with Crippen LogP contribution in [0.15, 0.2) is 60.7 Å². The van der Waals surface area contributed by atoms with Gasteiger partial charge in [-0.25, -0.2) is 4.79 Å². The molecule has 0 N–H and O–H groups in total. The summed E-state index contributed by atoms with van der Waals surface area (Å²) in [7, 11) is 0. The Morgan fingerprint density at radius 2 is 1.67 bits per heavy atom. The summed E-state index contributed by atoms with van der Waals surface area (Å²) in [6, 6.07) is 17.5. The van der Waals surface area contributed by atoms with Crippen LogP contribution in [-0.4, -0.2) is 21.0 Å². The second-order valence-electron chi connectivity index (χ2n) is 5.96. The summed E-state index contributed by atoms with van der Waals surface area (Å²) >= 11 is 12.0. The van der Waals surface area contributed by atoms with Crippen molar-refractivity contribution in [2.45, 2.75) is 6.92 Å². The van der Waals surface area contributed by atoms with E-state index in [-0.39, 0.29) is 10.6 Å². The van der Waals surface area contributed by atoms with Crippen LogP contribution in [0.2, 0.25) is 10.0 Å². The van der Waals surface area contributed by atoms with E-state index in [1.807, 2.05) is 43.3 Å². The molecular formula is C20H13Cl2N3O2. The van der Waals surface area contributed by atoms with Crippen molar-refractivity contribution in [1.82, 2.24) is 15.0 Å². The van der Waals surface area contributed by atoms with Gasteiger partial charge in [0, 0.05) is 5.02 Å². The number of esters is 1. The van der Waals surface area contributed by atoms with Crippen molar-refractivity contribution in [1.29, 1.82) is 0 Å². The maximum Gasteiger partial charge on any atom is 0.345 e. The summed E-state index contributed by atoms with van der Waals surface area (Å²) in [6.07, 6.45) is 0. The van der Waals surface area contributed by atoms with Gasteiger partial charge in [-0.05, 0) is 55.0 Å². The van der Waals surface area contributed by atoms with Crippen LogP contribution in [0.3, 0.4) is 0 Å². The minimum atomic E-state index is -0.585. The van der Waals surface area contributed by atoms with Crippen LogP contribution in [0.5, 0.6) is 5.75 Å². The highest BCUT2D eigenvalue weighted by Gasteiger charge is 2.17. The quantitative estimate of drug-likeness (QED) is 0.349. The molecule has 5 nitrogen and oxygen atoms in total. The van der Waals surface area contributed by atoms with E-state index >= 15 is 0 Å². The van der Waals surface area contributed by atoms with E-state index in [1.54, 1.807) is 12.1 Å². The number of ether oxygens (including phenoxy) is 1. The molecule has 0 unspecified atom stereocenters. The van der Waals surface area contributed by atoms with Gasteiger partial charge in [0.2, 0.25) is 0 Å². The van der Waals surface area contributed by atoms with Gasteiger partial charge in [-0.15, -0.1) is 15.0 Å². The summed E-state index contributed by atoms with van der Waals surface area (Å²) < 4.78 is 5.59. The minimum absolute atomic E-state index is 0.226. The number of rotatable bonds is 3. The van der Waals surface area contributed by atoms with Gasteiger partial charge >= 0.3 is 5.97 Å². The van der Waals surface area contributed by atoms with Crippen molar-refractivity contribution in [2.75, 3.05) is 0 Å². The lowest BCUT2D eigenvalue weighted by molar-refractivity contribution is 0.0734. The molecule has 4 rings (SSSR count). The predicted octanol–water partition coefficient (Wildman–Crippen LogP) is 5.25. The first kappa shape index (κ1) is 17.5. The summed E-state index contributed by atoms with van der Waals surface area (Å²) in [4.78, 5) is 14.0. The van der Waals surface area contributed by atoms with E-state index in [1.165, 1.54) is 16.9 Å². The van der Waals surface area contributed by atoms with E-state index in [0.717, 1.165) is 16.6 Å². The number of aryl methyl sites for hydroxylation is 1. The van der Waals surface area contributed by atoms with Crippen molar-refractivity contribution >= 4 is 40.2 Å². The van der Waals surface area contributed by atoms with E-state index in [9.17, 15) is 4.79 Å². The molecule has 0 radical (unpaired) electrons. The number of carbonyl (C=O) groups is 1. The molecule has 0 bridgehead atoms. The third-order valence-electron chi connectivity index (χ3n) is 3.97. The zero-order chi connectivity index (χ0) is 19.0. The van der Waals surface area contributed by atoms with Gasteiger partial charge in [-0.2, -0.15) is 0 Å². The van der Waals surface area contributed by atoms with Crippen LogP contribution >= 0.6 is 23.2 Å². The third-order valence-corrected chi connectivity index (χ3v) is 4.52. The van der Waals surface area contributed by atoms with E-state index < -0.39 is 5.97 Å². The molecule has 4 aromatic rings. The zero-order valence-corrected chi connectivity index (χ0v) is 15.7. The van der Waals surface area contributed by atoms with Gasteiger partial charge in [-0.3, -0.25) is 0 Å². The lowest BCUT2D eigenvalue weighted by atomic mass is 10.2. The number of hydrogen-bond donors (Lipinski definition) is 0. The minimum Gasteiger partial charge on any atom is -0.421 e. The Morgan fingerprint density at radius 3 is 2.33 bits per heavy atom. The molecule has 0 aliphatic carbocycles. The predicted molar refractivity (Wildman–Crippen MR) is 105 cm³/mol. The third kappa shape index (κ3) is 3.52. The Balaban J connectivity index is 1.74. The molecule has 1 aromatic heterocycles. The van der Waals surface area contributed by atoms with Gasteiger partial charge in [0.15, 0.2) is 5.75 Å². The Kier molecular flexibility index (Phi) is 4.56. The van der Waals surface area contributed by atoms with Gasteiger partial charge in [0.1, 0.15) is 16.7 Å². The highest BCUT2D eigenvalue weighted by molar-refractivity contribution is 6.36. The fourth-order valence-electron chi connectivity index (χ4n) is 2.65. The van der Waals surface area contributed by atoms with Crippen molar-refractivity contribution < 1.29 is 9.53 Å². The number of halogens is 2. The fourth-order valence-corrected chi connectivity index (χ4v) is 3.13. The second kappa shape index (κ2) is 7.02. The van der Waals surface area contributed by atoms with Gasteiger partial charge < -0.3 is 4.74 Å². The molecular weight excluding hydrogens is 385 g/mol. The molecule has 0 saturated heterocycles. The Hall–Kier alpha value is -2.89. The molecule has 0 aliphatic rings. The van der Waals surface area contributed by atoms with Gasteiger partial charge in [0.25, 0.3) is 0 Å². The number of nitrogens with zero attached hydrogens (tertiary/aromatic N) is 3. The van der Waals surface area contributed by atoms with Gasteiger partial charge in [0.05, 0.1) is 10.6 Å². The average molecular weight is 398 g/mol. The summed E-state index contributed by atoms with van der Waals surface area (Å²) in [5.41, 5.74) is 3.26. The smallest absolute Gasteiger partial charge is 0.345 e. The standard InChI is InChI=1S/C20H13Cl2N3O2/c1-12-6-9-19(27-20(26)14-8-7-13(21)11-15(14)22)18(10-12)25-23-16-4-2-3-5-17(16)24-25/h2-11H,1H3. The Labute approximate surface area is 165 Å². The van der Waals surface area contributed by atoms with Crippen molar-refractivity contribution in [3.05, 3.63) is 81.8 Å². The monoisotopic (exact) mass is 397 g/mol. The normalized spacial score (nSPS) is 10.9. The molecule has 0 saturated carbocycles.